The minimum atomic E-state index is 0.259. The summed E-state index contributed by atoms with van der Waals surface area (Å²) in [5.74, 6) is 2.52. The molecule has 5 heteroatoms. The van der Waals surface area contributed by atoms with Crippen LogP contribution in [0.3, 0.4) is 0 Å². The Balaban J connectivity index is 1.84. The number of nitrogens with zero attached hydrogens (tertiary/aromatic N) is 2. The van der Waals surface area contributed by atoms with E-state index in [-0.39, 0.29) is 6.04 Å². The molecule has 0 bridgehead atoms. The third-order valence-electron chi connectivity index (χ3n) is 3.94. The van der Waals surface area contributed by atoms with Crippen LogP contribution in [0.15, 0.2) is 24.3 Å². The van der Waals surface area contributed by atoms with E-state index in [4.69, 9.17) is 9.47 Å². The van der Waals surface area contributed by atoms with Gasteiger partial charge in [0.1, 0.15) is 18.2 Å². The molecule has 1 aromatic heterocycles. The lowest BCUT2D eigenvalue weighted by atomic mass is 10.1. The van der Waals surface area contributed by atoms with Crippen LogP contribution in [-0.4, -0.2) is 24.2 Å². The second-order valence-corrected chi connectivity index (χ2v) is 5.51. The molecule has 0 amide bonds. The van der Waals surface area contributed by atoms with Gasteiger partial charge in [0.25, 0.3) is 0 Å². The van der Waals surface area contributed by atoms with Crippen LogP contribution in [0.2, 0.25) is 0 Å². The van der Waals surface area contributed by atoms with E-state index in [1.54, 1.807) is 14.2 Å². The Morgan fingerprint density at radius 3 is 2.91 bits per heavy atom. The fourth-order valence-corrected chi connectivity index (χ4v) is 3.04. The van der Waals surface area contributed by atoms with Crippen molar-refractivity contribution < 1.29 is 9.47 Å². The molecule has 0 spiro atoms. The molecular weight excluding hydrogens is 278 g/mol. The molecule has 1 atom stereocenters. The highest BCUT2D eigenvalue weighted by molar-refractivity contribution is 5.49. The molecule has 1 aromatic carbocycles. The van der Waals surface area contributed by atoms with Crippen LogP contribution in [0.5, 0.6) is 5.75 Å². The van der Waals surface area contributed by atoms with Crippen molar-refractivity contribution in [1.29, 1.82) is 0 Å². The zero-order valence-corrected chi connectivity index (χ0v) is 13.2. The Morgan fingerprint density at radius 1 is 1.27 bits per heavy atom. The zero-order valence-electron chi connectivity index (χ0n) is 13.2. The van der Waals surface area contributed by atoms with Crippen LogP contribution in [0.25, 0.3) is 0 Å². The molecule has 1 unspecified atom stereocenters. The Bertz CT molecular complexity index is 673. The second-order valence-electron chi connectivity index (χ2n) is 5.51. The maximum atomic E-state index is 5.46. The summed E-state index contributed by atoms with van der Waals surface area (Å²) in [5.41, 5.74) is 3.53. The lowest BCUT2D eigenvalue weighted by molar-refractivity contribution is 0.177. The van der Waals surface area contributed by atoms with Crippen LogP contribution < -0.4 is 10.1 Å². The average molecular weight is 299 g/mol. The van der Waals surface area contributed by atoms with E-state index < -0.39 is 0 Å². The summed E-state index contributed by atoms with van der Waals surface area (Å²) < 4.78 is 10.6. The lowest BCUT2D eigenvalue weighted by Gasteiger charge is -2.16. The number of methoxy groups -OCH3 is 2. The summed E-state index contributed by atoms with van der Waals surface area (Å²) in [6.45, 7) is 2.39. The van der Waals surface area contributed by atoms with Crippen LogP contribution in [0.1, 0.15) is 35.1 Å². The number of benzene rings is 1. The van der Waals surface area contributed by atoms with E-state index in [1.807, 2.05) is 25.1 Å². The number of aromatic nitrogens is 2. The largest absolute Gasteiger partial charge is 0.496 e. The first kappa shape index (κ1) is 14.8. The molecule has 3 rings (SSSR count). The summed E-state index contributed by atoms with van der Waals surface area (Å²) in [4.78, 5) is 8.90. The summed E-state index contributed by atoms with van der Waals surface area (Å²) in [5, 5.41) is 3.53. The molecule has 2 aromatic rings. The van der Waals surface area contributed by atoms with E-state index in [2.05, 4.69) is 21.4 Å². The molecule has 1 aliphatic rings. The molecule has 0 aliphatic heterocycles. The highest BCUT2D eigenvalue weighted by atomic mass is 16.5. The zero-order chi connectivity index (χ0) is 15.5. The lowest BCUT2D eigenvalue weighted by Crippen LogP contribution is -2.11. The van der Waals surface area contributed by atoms with E-state index in [0.29, 0.717) is 12.4 Å². The molecule has 0 saturated heterocycles. The van der Waals surface area contributed by atoms with Gasteiger partial charge in [-0.2, -0.15) is 0 Å². The number of rotatable bonds is 5. The van der Waals surface area contributed by atoms with Gasteiger partial charge in [0.05, 0.1) is 13.2 Å². The van der Waals surface area contributed by atoms with E-state index in [0.717, 1.165) is 30.1 Å². The number of hydrogen-bond donors (Lipinski definition) is 1. The third kappa shape index (κ3) is 2.90. The van der Waals surface area contributed by atoms with Gasteiger partial charge in [0.15, 0.2) is 5.82 Å². The van der Waals surface area contributed by atoms with Crippen molar-refractivity contribution in [2.45, 2.75) is 32.4 Å². The van der Waals surface area contributed by atoms with Crippen LogP contribution in [0.4, 0.5) is 5.82 Å². The fraction of sp³-hybridized carbons (Fsp3) is 0.412. The summed E-state index contributed by atoms with van der Waals surface area (Å²) >= 11 is 0. The standard InChI is InChI=1S/C17H21N3O2/c1-11-9-16(20-17(18-11)10-21-2)19-14-8-7-13-12(14)5-4-6-15(13)22-3/h4-6,9,14H,7-8,10H2,1-3H3,(H,18,19,20). The van der Waals surface area contributed by atoms with Gasteiger partial charge >= 0.3 is 0 Å². The van der Waals surface area contributed by atoms with Crippen LogP contribution >= 0.6 is 0 Å². The molecule has 116 valence electrons. The minimum absolute atomic E-state index is 0.259. The van der Waals surface area contributed by atoms with Crippen molar-refractivity contribution in [3.05, 3.63) is 46.9 Å². The van der Waals surface area contributed by atoms with Gasteiger partial charge in [0.2, 0.25) is 0 Å². The molecule has 1 heterocycles. The minimum Gasteiger partial charge on any atom is -0.496 e. The molecular formula is C17H21N3O2. The van der Waals surface area contributed by atoms with Gasteiger partial charge in [-0.1, -0.05) is 12.1 Å². The Hall–Kier alpha value is -2.14. The summed E-state index contributed by atoms with van der Waals surface area (Å²) in [6.07, 6.45) is 2.06. The molecule has 22 heavy (non-hydrogen) atoms. The number of ether oxygens (including phenoxy) is 2. The van der Waals surface area contributed by atoms with Gasteiger partial charge in [-0.25, -0.2) is 9.97 Å². The predicted octanol–water partition coefficient (Wildman–Crippen LogP) is 3.04. The average Bonchev–Trinajstić information content (AvgIpc) is 2.90. The Kier molecular flexibility index (Phi) is 4.24. The van der Waals surface area contributed by atoms with Crippen LogP contribution in [-0.2, 0) is 17.8 Å². The van der Waals surface area contributed by atoms with Gasteiger partial charge in [-0.05, 0) is 37.0 Å². The predicted molar refractivity (Wildman–Crippen MR) is 85.2 cm³/mol. The van der Waals surface area contributed by atoms with Gasteiger partial charge < -0.3 is 14.8 Å². The number of hydrogen-bond acceptors (Lipinski definition) is 5. The molecule has 5 nitrogen and oxygen atoms in total. The van der Waals surface area contributed by atoms with Gasteiger partial charge in [-0.15, -0.1) is 0 Å². The Labute approximate surface area is 130 Å². The first-order valence-electron chi connectivity index (χ1n) is 7.47. The van der Waals surface area contributed by atoms with Crippen molar-refractivity contribution in [1.82, 2.24) is 9.97 Å². The van der Waals surface area contributed by atoms with Crippen molar-refractivity contribution in [3.63, 3.8) is 0 Å². The van der Waals surface area contributed by atoms with Crippen molar-refractivity contribution in [3.8, 4) is 5.75 Å². The van der Waals surface area contributed by atoms with Gasteiger partial charge in [-0.3, -0.25) is 0 Å². The van der Waals surface area contributed by atoms with E-state index in [9.17, 15) is 0 Å². The normalized spacial score (nSPS) is 16.4. The van der Waals surface area contributed by atoms with Crippen molar-refractivity contribution in [2.24, 2.45) is 0 Å². The topological polar surface area (TPSA) is 56.3 Å². The second kappa shape index (κ2) is 6.32. The molecule has 0 saturated carbocycles. The number of nitrogens with one attached hydrogen (secondary N) is 1. The molecule has 1 aliphatic carbocycles. The first-order chi connectivity index (χ1) is 10.7. The van der Waals surface area contributed by atoms with Crippen molar-refractivity contribution in [2.75, 3.05) is 19.5 Å². The number of anilines is 1. The summed E-state index contributed by atoms with van der Waals surface area (Å²) in [6, 6.07) is 8.45. The SMILES string of the molecule is COCc1nc(C)cc(NC2CCc3c(OC)cccc32)n1. The van der Waals surface area contributed by atoms with E-state index >= 15 is 0 Å². The van der Waals surface area contributed by atoms with Gasteiger partial charge in [0, 0.05) is 18.9 Å². The molecule has 0 radical (unpaired) electrons. The Morgan fingerprint density at radius 2 is 2.14 bits per heavy atom. The summed E-state index contributed by atoms with van der Waals surface area (Å²) in [7, 11) is 3.37. The van der Waals surface area contributed by atoms with E-state index in [1.165, 1.54) is 11.1 Å². The maximum Gasteiger partial charge on any atom is 0.156 e. The highest BCUT2D eigenvalue weighted by Crippen LogP contribution is 2.38. The fourth-order valence-electron chi connectivity index (χ4n) is 3.04. The smallest absolute Gasteiger partial charge is 0.156 e. The quantitative estimate of drug-likeness (QED) is 0.919. The monoisotopic (exact) mass is 299 g/mol. The highest BCUT2D eigenvalue weighted by Gasteiger charge is 2.25. The number of aryl methyl sites for hydroxylation is 1. The third-order valence-corrected chi connectivity index (χ3v) is 3.94. The first-order valence-corrected chi connectivity index (χ1v) is 7.47. The molecule has 0 fully saturated rings. The van der Waals surface area contributed by atoms with Crippen molar-refractivity contribution >= 4 is 5.82 Å². The number of fused-ring (bicyclic) bond motifs is 1. The maximum absolute atomic E-state index is 5.46. The van der Waals surface area contributed by atoms with Crippen LogP contribution in [0, 0.1) is 6.92 Å². The molecule has 1 N–H and O–H groups in total.